The van der Waals surface area contributed by atoms with Gasteiger partial charge in [0.1, 0.15) is 0 Å². The first-order chi connectivity index (χ1) is 3.92. The van der Waals surface area contributed by atoms with E-state index in [0.717, 1.165) is 5.01 Å². The summed E-state index contributed by atoms with van der Waals surface area (Å²) in [6.45, 7) is 0. The zero-order chi connectivity index (χ0) is 7.49. The van der Waals surface area contributed by atoms with E-state index < -0.39 is 10.3 Å². The van der Waals surface area contributed by atoms with Gasteiger partial charge in [-0.3, -0.25) is 9.56 Å². The van der Waals surface area contributed by atoms with Crippen molar-refractivity contribution in [3.8, 4) is 0 Å². The standard InChI is InChI=1S/C2H7N3O3S/c1-5(2)3-4-9(6,7)8/h1-2H3,(H,6,7,8). The summed E-state index contributed by atoms with van der Waals surface area (Å²) >= 11 is 0. The van der Waals surface area contributed by atoms with E-state index in [4.69, 9.17) is 4.55 Å². The Kier molecular flexibility index (Phi) is 2.53. The topological polar surface area (TPSA) is 82.3 Å². The van der Waals surface area contributed by atoms with Gasteiger partial charge in [-0.2, -0.15) is 8.42 Å². The molecule has 0 saturated carbocycles. The quantitative estimate of drug-likeness (QED) is 0.336. The van der Waals surface area contributed by atoms with E-state index in [1.165, 1.54) is 14.1 Å². The lowest BCUT2D eigenvalue weighted by atomic mass is 11.2. The Morgan fingerprint density at radius 2 is 1.89 bits per heavy atom. The molecule has 9 heavy (non-hydrogen) atoms. The van der Waals surface area contributed by atoms with Crippen LogP contribution in [0.25, 0.3) is 0 Å². The number of rotatable bonds is 2. The van der Waals surface area contributed by atoms with Gasteiger partial charge >= 0.3 is 10.3 Å². The highest BCUT2D eigenvalue weighted by Gasteiger charge is 1.96. The second kappa shape index (κ2) is 2.74. The fourth-order valence-electron chi connectivity index (χ4n) is 0.119. The van der Waals surface area contributed by atoms with Gasteiger partial charge in [0, 0.05) is 14.1 Å². The summed E-state index contributed by atoms with van der Waals surface area (Å²) in [6, 6.07) is 0. The van der Waals surface area contributed by atoms with Gasteiger partial charge in [0.05, 0.1) is 0 Å². The molecule has 0 aromatic heterocycles. The minimum atomic E-state index is -4.30. The highest BCUT2D eigenvalue weighted by molar-refractivity contribution is 7.84. The lowest BCUT2D eigenvalue weighted by Crippen LogP contribution is -2.01. The molecule has 54 valence electrons. The smallest absolute Gasteiger partial charge is 0.284 e. The van der Waals surface area contributed by atoms with Crippen LogP contribution in [0, 0.1) is 0 Å². The van der Waals surface area contributed by atoms with E-state index in [2.05, 4.69) is 9.74 Å². The summed E-state index contributed by atoms with van der Waals surface area (Å²) in [5, 5.41) is 4.16. The average Bonchev–Trinajstić information content (AvgIpc) is 1.59. The summed E-state index contributed by atoms with van der Waals surface area (Å²) < 4.78 is 30.1. The lowest BCUT2D eigenvalue weighted by molar-refractivity contribution is 0.401. The van der Waals surface area contributed by atoms with Crippen LogP contribution < -0.4 is 0 Å². The van der Waals surface area contributed by atoms with E-state index in [0.29, 0.717) is 0 Å². The highest BCUT2D eigenvalue weighted by atomic mass is 32.2. The minimum Gasteiger partial charge on any atom is -0.284 e. The van der Waals surface area contributed by atoms with Crippen molar-refractivity contribution in [1.29, 1.82) is 0 Å². The molecular weight excluding hydrogens is 146 g/mol. The van der Waals surface area contributed by atoms with Crippen molar-refractivity contribution < 1.29 is 13.0 Å². The molecule has 0 saturated heterocycles. The van der Waals surface area contributed by atoms with Gasteiger partial charge in [0.15, 0.2) is 0 Å². The molecule has 0 amide bonds. The third kappa shape index (κ3) is 7.31. The van der Waals surface area contributed by atoms with Gasteiger partial charge in [-0.1, -0.05) is 5.22 Å². The van der Waals surface area contributed by atoms with E-state index in [1.54, 1.807) is 0 Å². The van der Waals surface area contributed by atoms with Crippen molar-refractivity contribution in [2.75, 3.05) is 14.1 Å². The van der Waals surface area contributed by atoms with Crippen LogP contribution in [0.3, 0.4) is 0 Å². The van der Waals surface area contributed by atoms with E-state index in [-0.39, 0.29) is 0 Å². The number of hydrogen-bond acceptors (Lipinski definition) is 3. The van der Waals surface area contributed by atoms with Gasteiger partial charge in [-0.05, 0) is 4.52 Å². The molecule has 0 aliphatic heterocycles. The molecule has 0 aliphatic rings. The summed E-state index contributed by atoms with van der Waals surface area (Å²) in [4.78, 5) is 0. The highest BCUT2D eigenvalue weighted by Crippen LogP contribution is 1.86. The van der Waals surface area contributed by atoms with Crippen LogP contribution in [0.15, 0.2) is 9.74 Å². The second-order valence-corrected chi connectivity index (χ2v) is 2.53. The largest absolute Gasteiger partial charge is 0.397 e. The van der Waals surface area contributed by atoms with Crippen LogP contribution in [0.1, 0.15) is 0 Å². The molecule has 7 heteroatoms. The summed E-state index contributed by atoms with van der Waals surface area (Å²) in [6.07, 6.45) is 0. The van der Waals surface area contributed by atoms with Gasteiger partial charge < -0.3 is 0 Å². The third-order valence-electron chi connectivity index (χ3n) is 0.319. The Labute approximate surface area is 53.0 Å². The Morgan fingerprint density at radius 3 is 2.00 bits per heavy atom. The first-order valence-electron chi connectivity index (χ1n) is 1.99. The molecule has 0 heterocycles. The Balaban J connectivity index is 4.03. The molecule has 0 aliphatic carbocycles. The molecule has 0 radical (unpaired) electrons. The molecule has 0 spiro atoms. The maximum Gasteiger partial charge on any atom is 0.397 e. The van der Waals surface area contributed by atoms with Gasteiger partial charge in [0.2, 0.25) is 0 Å². The first-order valence-corrected chi connectivity index (χ1v) is 3.39. The van der Waals surface area contributed by atoms with Gasteiger partial charge in [-0.15, -0.1) is 0 Å². The molecule has 0 unspecified atom stereocenters. The molecular formula is C2H7N3O3S. The Morgan fingerprint density at radius 1 is 1.44 bits per heavy atom. The van der Waals surface area contributed by atoms with Crippen LogP contribution in [-0.4, -0.2) is 32.1 Å². The van der Waals surface area contributed by atoms with Crippen molar-refractivity contribution in [1.82, 2.24) is 5.01 Å². The van der Waals surface area contributed by atoms with Crippen LogP contribution in [-0.2, 0) is 10.3 Å². The number of hydrogen-bond donors (Lipinski definition) is 1. The maximum atomic E-state index is 9.80. The van der Waals surface area contributed by atoms with Crippen LogP contribution in [0.2, 0.25) is 0 Å². The normalized spacial score (nSPS) is 12.3. The molecule has 1 N–H and O–H groups in total. The molecule has 0 atom stereocenters. The molecule has 0 fully saturated rings. The minimum absolute atomic E-state index is 1.15. The second-order valence-electron chi connectivity index (χ2n) is 1.47. The Bertz CT molecular complexity index is 193. The van der Waals surface area contributed by atoms with Crippen LogP contribution in [0.4, 0.5) is 0 Å². The Hall–Kier alpha value is -0.690. The zero-order valence-electron chi connectivity index (χ0n) is 5.01. The van der Waals surface area contributed by atoms with E-state index >= 15 is 0 Å². The molecule has 0 rings (SSSR count). The van der Waals surface area contributed by atoms with E-state index in [9.17, 15) is 8.42 Å². The van der Waals surface area contributed by atoms with Gasteiger partial charge in [0.25, 0.3) is 0 Å². The van der Waals surface area contributed by atoms with Gasteiger partial charge in [-0.25, -0.2) is 0 Å². The van der Waals surface area contributed by atoms with Crippen molar-refractivity contribution in [2.24, 2.45) is 9.74 Å². The molecule has 6 nitrogen and oxygen atoms in total. The third-order valence-corrected chi connectivity index (χ3v) is 0.598. The summed E-state index contributed by atoms with van der Waals surface area (Å²) in [5.41, 5.74) is 0. The average molecular weight is 153 g/mol. The zero-order valence-corrected chi connectivity index (χ0v) is 5.83. The molecule has 0 aromatic rings. The summed E-state index contributed by atoms with van der Waals surface area (Å²) in [5.74, 6) is 0. The molecule has 0 bridgehead atoms. The fraction of sp³-hybridized carbons (Fsp3) is 1.00. The van der Waals surface area contributed by atoms with Crippen molar-refractivity contribution in [3.63, 3.8) is 0 Å². The first kappa shape index (κ1) is 8.31. The monoisotopic (exact) mass is 153 g/mol. The molecule has 0 aromatic carbocycles. The van der Waals surface area contributed by atoms with Crippen LogP contribution >= 0.6 is 0 Å². The maximum absolute atomic E-state index is 9.80. The van der Waals surface area contributed by atoms with Crippen molar-refractivity contribution in [3.05, 3.63) is 0 Å². The predicted octanol–water partition coefficient (Wildman–Crippen LogP) is -0.282. The number of nitrogens with zero attached hydrogens (tertiary/aromatic N) is 3. The predicted molar refractivity (Wildman–Crippen MR) is 30.1 cm³/mol. The SMILES string of the molecule is CN(C)N=NS(=O)(=O)O. The van der Waals surface area contributed by atoms with Crippen molar-refractivity contribution >= 4 is 10.3 Å². The van der Waals surface area contributed by atoms with Crippen molar-refractivity contribution in [2.45, 2.75) is 0 Å². The van der Waals surface area contributed by atoms with E-state index in [1.807, 2.05) is 0 Å². The summed E-state index contributed by atoms with van der Waals surface area (Å²) in [7, 11) is -1.34. The van der Waals surface area contributed by atoms with Crippen LogP contribution in [0.5, 0.6) is 0 Å². The lowest BCUT2D eigenvalue weighted by Gasteiger charge is -1.97. The fourth-order valence-corrected chi connectivity index (χ4v) is 0.358.